The van der Waals surface area contributed by atoms with Crippen LogP contribution >= 0.6 is 43.5 Å². The quantitative estimate of drug-likeness (QED) is 0.714. The molecule has 0 saturated heterocycles. The monoisotopic (exact) mass is 391 g/mol. The predicted octanol–water partition coefficient (Wildman–Crippen LogP) is 5.62. The fourth-order valence-electron chi connectivity index (χ4n) is 1.48. The van der Waals surface area contributed by atoms with E-state index in [1.54, 1.807) is 12.1 Å². The van der Waals surface area contributed by atoms with Gasteiger partial charge in [0.05, 0.1) is 4.47 Å². The summed E-state index contributed by atoms with van der Waals surface area (Å²) >= 11 is 12.6. The second-order valence-corrected chi connectivity index (χ2v) is 5.90. The molecule has 0 aliphatic rings. The molecule has 0 bridgehead atoms. The van der Waals surface area contributed by atoms with Crippen LogP contribution in [0.15, 0.2) is 45.3 Å². The Labute approximate surface area is 127 Å². The molecule has 0 aliphatic carbocycles. The summed E-state index contributed by atoms with van der Waals surface area (Å²) in [6.45, 7) is 0.580. The SMILES string of the molecule is Fc1ccc(NCc2cc(Br)ccc2Cl)cc1Br. The van der Waals surface area contributed by atoms with Gasteiger partial charge in [-0.1, -0.05) is 27.5 Å². The lowest BCUT2D eigenvalue weighted by molar-refractivity contribution is 0.621. The number of nitrogens with one attached hydrogen (secondary N) is 1. The third kappa shape index (κ3) is 3.46. The van der Waals surface area contributed by atoms with E-state index in [4.69, 9.17) is 11.6 Å². The van der Waals surface area contributed by atoms with Crippen molar-refractivity contribution in [3.63, 3.8) is 0 Å². The first-order chi connectivity index (χ1) is 8.56. The van der Waals surface area contributed by atoms with Gasteiger partial charge in [0, 0.05) is 21.7 Å². The highest BCUT2D eigenvalue weighted by atomic mass is 79.9. The second-order valence-electron chi connectivity index (χ2n) is 3.72. The van der Waals surface area contributed by atoms with E-state index in [-0.39, 0.29) is 5.82 Å². The zero-order chi connectivity index (χ0) is 13.1. The molecule has 0 fully saturated rings. The van der Waals surface area contributed by atoms with Crippen LogP contribution < -0.4 is 5.32 Å². The molecule has 0 amide bonds. The number of hydrogen-bond donors (Lipinski definition) is 1. The highest BCUT2D eigenvalue weighted by Gasteiger charge is 2.03. The van der Waals surface area contributed by atoms with E-state index < -0.39 is 0 Å². The molecule has 2 aromatic rings. The lowest BCUT2D eigenvalue weighted by Crippen LogP contribution is -2.00. The van der Waals surface area contributed by atoms with Crippen molar-refractivity contribution in [2.75, 3.05) is 5.32 Å². The molecule has 2 rings (SSSR count). The molecule has 18 heavy (non-hydrogen) atoms. The molecule has 0 unspecified atom stereocenters. The summed E-state index contributed by atoms with van der Waals surface area (Å²) in [5, 5.41) is 3.90. The van der Waals surface area contributed by atoms with Crippen LogP contribution in [-0.2, 0) is 6.54 Å². The number of rotatable bonds is 3. The normalized spacial score (nSPS) is 10.4. The van der Waals surface area contributed by atoms with Crippen LogP contribution in [0.25, 0.3) is 0 Å². The molecule has 1 N–H and O–H groups in total. The largest absolute Gasteiger partial charge is 0.381 e. The summed E-state index contributed by atoms with van der Waals surface area (Å²) in [5.41, 5.74) is 1.81. The van der Waals surface area contributed by atoms with Gasteiger partial charge in [0.25, 0.3) is 0 Å². The Morgan fingerprint density at radius 1 is 1.11 bits per heavy atom. The first-order valence-corrected chi connectivity index (χ1v) is 7.15. The van der Waals surface area contributed by atoms with Crippen LogP contribution in [0.5, 0.6) is 0 Å². The van der Waals surface area contributed by atoms with E-state index in [9.17, 15) is 4.39 Å². The van der Waals surface area contributed by atoms with Crippen LogP contribution in [0.2, 0.25) is 5.02 Å². The molecule has 2 aromatic carbocycles. The average Bonchev–Trinajstić information content (AvgIpc) is 2.34. The summed E-state index contributed by atoms with van der Waals surface area (Å²) in [6, 6.07) is 10.5. The lowest BCUT2D eigenvalue weighted by atomic mass is 10.2. The average molecular weight is 393 g/mol. The number of anilines is 1. The highest BCUT2D eigenvalue weighted by molar-refractivity contribution is 9.10. The highest BCUT2D eigenvalue weighted by Crippen LogP contribution is 2.24. The maximum Gasteiger partial charge on any atom is 0.137 e. The Morgan fingerprint density at radius 3 is 2.61 bits per heavy atom. The van der Waals surface area contributed by atoms with Gasteiger partial charge in [0.1, 0.15) is 5.82 Å². The smallest absolute Gasteiger partial charge is 0.137 e. The Balaban J connectivity index is 2.11. The summed E-state index contributed by atoms with van der Waals surface area (Å²) in [6.07, 6.45) is 0. The van der Waals surface area contributed by atoms with Crippen LogP contribution in [0.1, 0.15) is 5.56 Å². The molecule has 1 nitrogen and oxygen atoms in total. The van der Waals surface area contributed by atoms with E-state index >= 15 is 0 Å². The Morgan fingerprint density at radius 2 is 1.89 bits per heavy atom. The van der Waals surface area contributed by atoms with Crippen molar-refractivity contribution in [1.29, 1.82) is 0 Å². The van der Waals surface area contributed by atoms with Gasteiger partial charge in [-0.2, -0.15) is 0 Å². The van der Waals surface area contributed by atoms with Crippen molar-refractivity contribution in [1.82, 2.24) is 0 Å². The van der Waals surface area contributed by atoms with Gasteiger partial charge in [0.15, 0.2) is 0 Å². The zero-order valence-electron chi connectivity index (χ0n) is 9.18. The fourth-order valence-corrected chi connectivity index (χ4v) is 2.45. The molecule has 0 atom stereocenters. The van der Waals surface area contributed by atoms with Gasteiger partial charge in [0.2, 0.25) is 0 Å². The van der Waals surface area contributed by atoms with Crippen molar-refractivity contribution in [2.45, 2.75) is 6.54 Å². The molecule has 0 aliphatic heterocycles. The minimum atomic E-state index is -0.277. The van der Waals surface area contributed by atoms with Gasteiger partial charge in [-0.25, -0.2) is 4.39 Å². The Hall–Kier alpha value is -0.580. The standard InChI is InChI=1S/C13H9Br2ClFN/c14-9-1-3-12(16)8(5-9)7-18-10-2-4-13(17)11(15)6-10/h1-6,18H,7H2. The van der Waals surface area contributed by atoms with E-state index in [1.165, 1.54) is 6.07 Å². The van der Waals surface area contributed by atoms with Gasteiger partial charge >= 0.3 is 0 Å². The molecular weight excluding hydrogens is 384 g/mol. The van der Waals surface area contributed by atoms with Crippen molar-refractivity contribution < 1.29 is 4.39 Å². The van der Waals surface area contributed by atoms with Crippen LogP contribution in [-0.4, -0.2) is 0 Å². The van der Waals surface area contributed by atoms with Crippen molar-refractivity contribution in [2.24, 2.45) is 0 Å². The first-order valence-electron chi connectivity index (χ1n) is 5.19. The molecule has 0 aromatic heterocycles. The van der Waals surface area contributed by atoms with Gasteiger partial charge in [-0.05, 0) is 57.9 Å². The lowest BCUT2D eigenvalue weighted by Gasteiger charge is -2.09. The molecule has 5 heteroatoms. The number of halogens is 4. The molecule has 0 heterocycles. The minimum Gasteiger partial charge on any atom is -0.381 e. The topological polar surface area (TPSA) is 12.0 Å². The summed E-state index contributed by atoms with van der Waals surface area (Å²) in [5.74, 6) is -0.277. The molecule has 0 saturated carbocycles. The van der Waals surface area contributed by atoms with Crippen molar-refractivity contribution >= 4 is 49.1 Å². The Kier molecular flexibility index (Phi) is 4.65. The number of hydrogen-bond acceptors (Lipinski definition) is 1. The Bertz CT molecular complexity index is 575. The van der Waals surface area contributed by atoms with Crippen LogP contribution in [0, 0.1) is 5.82 Å². The molecule has 94 valence electrons. The zero-order valence-corrected chi connectivity index (χ0v) is 13.1. The summed E-state index contributed by atoms with van der Waals surface area (Å²) in [7, 11) is 0. The van der Waals surface area contributed by atoms with Gasteiger partial charge in [-0.15, -0.1) is 0 Å². The summed E-state index contributed by atoms with van der Waals surface area (Å²) in [4.78, 5) is 0. The van der Waals surface area contributed by atoms with E-state index in [2.05, 4.69) is 37.2 Å². The van der Waals surface area contributed by atoms with Crippen molar-refractivity contribution in [3.05, 3.63) is 61.7 Å². The minimum absolute atomic E-state index is 0.277. The maximum absolute atomic E-state index is 13.1. The third-order valence-corrected chi connectivity index (χ3v) is 3.88. The number of benzene rings is 2. The van der Waals surface area contributed by atoms with Gasteiger partial charge in [-0.3, -0.25) is 0 Å². The first kappa shape index (κ1) is 13.8. The molecule has 0 spiro atoms. The predicted molar refractivity (Wildman–Crippen MR) is 80.6 cm³/mol. The molecule has 0 radical (unpaired) electrons. The maximum atomic E-state index is 13.1. The summed E-state index contributed by atoms with van der Waals surface area (Å²) < 4.78 is 14.5. The van der Waals surface area contributed by atoms with E-state index in [1.807, 2.05) is 18.2 Å². The van der Waals surface area contributed by atoms with Crippen molar-refractivity contribution in [3.8, 4) is 0 Å². The fraction of sp³-hybridized carbons (Fsp3) is 0.0769. The molecular formula is C13H9Br2ClFN. The third-order valence-electron chi connectivity index (χ3n) is 2.41. The van der Waals surface area contributed by atoms with Crippen LogP contribution in [0.4, 0.5) is 10.1 Å². The van der Waals surface area contributed by atoms with Gasteiger partial charge < -0.3 is 5.32 Å². The van der Waals surface area contributed by atoms with E-state index in [0.717, 1.165) is 15.7 Å². The van der Waals surface area contributed by atoms with Crippen LogP contribution in [0.3, 0.4) is 0 Å². The van der Waals surface area contributed by atoms with E-state index in [0.29, 0.717) is 16.0 Å². The second kappa shape index (κ2) is 6.04.